The van der Waals surface area contributed by atoms with Gasteiger partial charge in [0.05, 0.1) is 12.8 Å². The van der Waals surface area contributed by atoms with E-state index in [1.165, 1.54) is 0 Å². The van der Waals surface area contributed by atoms with E-state index in [-0.39, 0.29) is 0 Å². The molecule has 0 aromatic carbocycles. The Bertz CT molecular complexity index is 334. The first-order chi connectivity index (χ1) is 9.38. The van der Waals surface area contributed by atoms with Gasteiger partial charge < -0.3 is 19.5 Å². The van der Waals surface area contributed by atoms with Gasteiger partial charge in [-0.15, -0.1) is 0 Å². The highest BCUT2D eigenvalue weighted by atomic mass is 16.5. The van der Waals surface area contributed by atoms with E-state index in [4.69, 9.17) is 14.2 Å². The summed E-state index contributed by atoms with van der Waals surface area (Å²) in [5, 5.41) is 3.28. The third-order valence-corrected chi connectivity index (χ3v) is 2.56. The molecule has 1 heterocycles. The molecular formula is C14H24N2O3. The number of aromatic nitrogens is 1. The van der Waals surface area contributed by atoms with Crippen LogP contribution in [0.25, 0.3) is 0 Å². The molecule has 0 unspecified atom stereocenters. The third-order valence-electron chi connectivity index (χ3n) is 2.56. The average molecular weight is 268 g/mol. The molecule has 0 spiro atoms. The summed E-state index contributed by atoms with van der Waals surface area (Å²) in [5.74, 6) is 0.823. The lowest BCUT2D eigenvalue weighted by atomic mass is 10.2. The molecule has 0 saturated carbocycles. The van der Waals surface area contributed by atoms with Gasteiger partial charge in [0.2, 0.25) is 0 Å². The van der Waals surface area contributed by atoms with Gasteiger partial charge in [-0.1, -0.05) is 6.92 Å². The molecule has 1 N–H and O–H groups in total. The van der Waals surface area contributed by atoms with Crippen molar-refractivity contribution in [2.45, 2.75) is 19.9 Å². The predicted octanol–water partition coefficient (Wildman–Crippen LogP) is 1.62. The molecule has 1 rings (SSSR count). The number of pyridine rings is 1. The summed E-state index contributed by atoms with van der Waals surface area (Å²) in [6, 6.07) is 1.97. The fourth-order valence-corrected chi connectivity index (χ4v) is 1.56. The smallest absolute Gasteiger partial charge is 0.142 e. The van der Waals surface area contributed by atoms with Crippen LogP contribution in [0.1, 0.15) is 18.9 Å². The lowest BCUT2D eigenvalue weighted by molar-refractivity contribution is 0.0803. The molecule has 0 aliphatic carbocycles. The van der Waals surface area contributed by atoms with Gasteiger partial charge in [-0.2, -0.15) is 0 Å². The largest absolute Gasteiger partial charge is 0.489 e. The van der Waals surface area contributed by atoms with Crippen LogP contribution in [0.5, 0.6) is 5.75 Å². The van der Waals surface area contributed by atoms with Crippen LogP contribution in [0.2, 0.25) is 0 Å². The summed E-state index contributed by atoms with van der Waals surface area (Å²) in [6.45, 7) is 6.37. The Morgan fingerprint density at radius 2 is 2.11 bits per heavy atom. The van der Waals surface area contributed by atoms with Crippen LogP contribution in [0.3, 0.4) is 0 Å². The number of hydrogen-bond donors (Lipinski definition) is 1. The van der Waals surface area contributed by atoms with Gasteiger partial charge in [0.15, 0.2) is 0 Å². The van der Waals surface area contributed by atoms with Gasteiger partial charge in [0.1, 0.15) is 12.4 Å². The predicted molar refractivity (Wildman–Crippen MR) is 74.4 cm³/mol. The first-order valence-electron chi connectivity index (χ1n) is 6.71. The topological polar surface area (TPSA) is 52.6 Å². The maximum Gasteiger partial charge on any atom is 0.142 e. The SMILES string of the molecule is CCNCc1ccncc1OCCOCCCOC. The highest BCUT2D eigenvalue weighted by molar-refractivity contribution is 5.29. The van der Waals surface area contributed by atoms with Crippen molar-refractivity contribution in [1.29, 1.82) is 0 Å². The molecule has 0 saturated heterocycles. The first-order valence-corrected chi connectivity index (χ1v) is 6.71. The molecule has 1 aromatic heterocycles. The summed E-state index contributed by atoms with van der Waals surface area (Å²) in [4.78, 5) is 4.08. The van der Waals surface area contributed by atoms with Crippen molar-refractivity contribution in [3.05, 3.63) is 24.0 Å². The summed E-state index contributed by atoms with van der Waals surface area (Å²) < 4.78 is 16.1. The molecule has 1 aromatic rings. The molecular weight excluding hydrogens is 244 g/mol. The standard InChI is InChI=1S/C14H24N2O3/c1-3-15-11-13-5-6-16-12-14(13)19-10-9-18-8-4-7-17-2/h5-6,12,15H,3-4,7-11H2,1-2H3. The summed E-state index contributed by atoms with van der Waals surface area (Å²) in [6.07, 6.45) is 4.44. The van der Waals surface area contributed by atoms with Crippen molar-refractivity contribution in [3.8, 4) is 5.75 Å². The molecule has 0 bridgehead atoms. The normalized spacial score (nSPS) is 10.6. The zero-order valence-corrected chi connectivity index (χ0v) is 11.9. The average Bonchev–Trinajstić information content (AvgIpc) is 2.45. The van der Waals surface area contributed by atoms with Gasteiger partial charge in [0.25, 0.3) is 0 Å². The highest BCUT2D eigenvalue weighted by Gasteiger charge is 2.02. The summed E-state index contributed by atoms with van der Waals surface area (Å²) >= 11 is 0. The van der Waals surface area contributed by atoms with Crippen molar-refractivity contribution in [2.75, 3.05) is 40.1 Å². The number of ether oxygens (including phenoxy) is 3. The lowest BCUT2D eigenvalue weighted by Crippen LogP contribution is -2.14. The van der Waals surface area contributed by atoms with Crippen LogP contribution < -0.4 is 10.1 Å². The molecule has 19 heavy (non-hydrogen) atoms. The molecule has 0 atom stereocenters. The first kappa shape index (κ1) is 15.9. The van der Waals surface area contributed by atoms with E-state index in [2.05, 4.69) is 17.2 Å². The lowest BCUT2D eigenvalue weighted by Gasteiger charge is -2.11. The second kappa shape index (κ2) is 10.7. The molecule has 5 heteroatoms. The van der Waals surface area contributed by atoms with Gasteiger partial charge in [-0.3, -0.25) is 4.98 Å². The quantitative estimate of drug-likeness (QED) is 0.618. The maximum absolute atomic E-state index is 5.68. The second-order valence-corrected chi connectivity index (χ2v) is 4.07. The van der Waals surface area contributed by atoms with Crippen LogP contribution in [0.4, 0.5) is 0 Å². The van der Waals surface area contributed by atoms with Gasteiger partial charge >= 0.3 is 0 Å². The van der Waals surface area contributed by atoms with Crippen molar-refractivity contribution >= 4 is 0 Å². The van der Waals surface area contributed by atoms with E-state index in [1.54, 1.807) is 19.5 Å². The molecule has 0 radical (unpaired) electrons. The molecule has 108 valence electrons. The number of nitrogens with zero attached hydrogens (tertiary/aromatic N) is 1. The zero-order valence-electron chi connectivity index (χ0n) is 11.9. The zero-order chi connectivity index (χ0) is 13.8. The monoisotopic (exact) mass is 268 g/mol. The number of nitrogens with one attached hydrogen (secondary N) is 1. The van der Waals surface area contributed by atoms with E-state index < -0.39 is 0 Å². The summed E-state index contributed by atoms with van der Waals surface area (Å²) in [5.41, 5.74) is 1.12. The van der Waals surface area contributed by atoms with Crippen molar-refractivity contribution in [2.24, 2.45) is 0 Å². The van der Waals surface area contributed by atoms with Gasteiger partial charge in [-0.25, -0.2) is 0 Å². The Morgan fingerprint density at radius 3 is 2.89 bits per heavy atom. The maximum atomic E-state index is 5.68. The molecule has 0 amide bonds. The number of methoxy groups -OCH3 is 1. The number of hydrogen-bond acceptors (Lipinski definition) is 5. The Hall–Kier alpha value is -1.17. The highest BCUT2D eigenvalue weighted by Crippen LogP contribution is 2.15. The minimum absolute atomic E-state index is 0.539. The minimum atomic E-state index is 0.539. The van der Waals surface area contributed by atoms with Crippen LogP contribution in [-0.4, -0.2) is 45.1 Å². The molecule has 5 nitrogen and oxygen atoms in total. The van der Waals surface area contributed by atoms with Gasteiger partial charge in [0, 0.05) is 38.6 Å². The van der Waals surface area contributed by atoms with E-state index in [9.17, 15) is 0 Å². The van der Waals surface area contributed by atoms with Crippen LogP contribution in [0, 0.1) is 0 Å². The van der Waals surface area contributed by atoms with E-state index in [0.717, 1.165) is 37.4 Å². The number of rotatable bonds is 11. The Balaban J connectivity index is 2.21. The van der Waals surface area contributed by atoms with E-state index in [1.807, 2.05) is 6.07 Å². The Labute approximate surface area is 115 Å². The molecule has 0 fully saturated rings. The minimum Gasteiger partial charge on any atom is -0.489 e. The van der Waals surface area contributed by atoms with Crippen molar-refractivity contribution in [3.63, 3.8) is 0 Å². The van der Waals surface area contributed by atoms with Crippen LogP contribution >= 0.6 is 0 Å². The third kappa shape index (κ3) is 7.10. The van der Waals surface area contributed by atoms with Crippen molar-refractivity contribution in [1.82, 2.24) is 10.3 Å². The second-order valence-electron chi connectivity index (χ2n) is 4.07. The molecule has 0 aliphatic rings. The fourth-order valence-electron chi connectivity index (χ4n) is 1.56. The van der Waals surface area contributed by atoms with Gasteiger partial charge in [-0.05, 0) is 19.0 Å². The van der Waals surface area contributed by atoms with E-state index in [0.29, 0.717) is 19.8 Å². The summed E-state index contributed by atoms with van der Waals surface area (Å²) in [7, 11) is 1.69. The Morgan fingerprint density at radius 1 is 1.21 bits per heavy atom. The van der Waals surface area contributed by atoms with E-state index >= 15 is 0 Å². The Kier molecular flexibility index (Phi) is 8.97. The van der Waals surface area contributed by atoms with Crippen LogP contribution in [0.15, 0.2) is 18.5 Å². The molecule has 0 aliphatic heterocycles. The van der Waals surface area contributed by atoms with Crippen molar-refractivity contribution < 1.29 is 14.2 Å². The fraction of sp³-hybridized carbons (Fsp3) is 0.643. The van der Waals surface area contributed by atoms with Crippen LogP contribution in [-0.2, 0) is 16.0 Å².